The minimum absolute atomic E-state index is 0.131. The van der Waals surface area contributed by atoms with E-state index in [1.807, 2.05) is 24.3 Å². The van der Waals surface area contributed by atoms with Gasteiger partial charge in [-0.15, -0.1) is 0 Å². The molecule has 1 heterocycles. The van der Waals surface area contributed by atoms with Crippen molar-refractivity contribution in [1.82, 2.24) is 20.9 Å². The molecule has 0 saturated carbocycles. The second-order valence-electron chi connectivity index (χ2n) is 8.25. The van der Waals surface area contributed by atoms with Crippen LogP contribution < -0.4 is 21.7 Å². The lowest BCUT2D eigenvalue weighted by Crippen LogP contribution is -2.58. The molecule has 0 saturated heterocycles. The number of aliphatic carboxylic acids is 2. The van der Waals surface area contributed by atoms with Crippen LogP contribution in [0, 0.1) is 0 Å². The zero-order chi connectivity index (χ0) is 27.5. The number of aromatic amines is 1. The van der Waals surface area contributed by atoms with Crippen LogP contribution in [0.1, 0.15) is 18.4 Å². The third-order valence-electron chi connectivity index (χ3n) is 5.50. The molecular weight excluding hydrogens is 522 g/mol. The van der Waals surface area contributed by atoms with Crippen LogP contribution in [0.5, 0.6) is 0 Å². The number of H-pyrrole nitrogens is 1. The van der Waals surface area contributed by atoms with Crippen LogP contribution in [0.15, 0.2) is 30.5 Å². The molecule has 2 rings (SSSR count). The summed E-state index contributed by atoms with van der Waals surface area (Å²) in [5.41, 5.74) is 7.68. The Balaban J connectivity index is 2.05. The van der Waals surface area contributed by atoms with Gasteiger partial charge in [0.1, 0.15) is 18.1 Å². The quantitative estimate of drug-likeness (QED) is 0.137. The summed E-state index contributed by atoms with van der Waals surface area (Å²) < 4.78 is 0. The Morgan fingerprint density at radius 3 is 2.24 bits per heavy atom. The first kappa shape index (κ1) is 30.0. The molecule has 37 heavy (non-hydrogen) atoms. The van der Waals surface area contributed by atoms with E-state index in [2.05, 4.69) is 33.6 Å². The number of carboxylic acids is 2. The molecule has 0 aliphatic carbocycles. The standard InChI is InChI=1S/C23H31N5O7S2/c1-37-7-6-16(23(34)35)26-22(33)18(11-36)28-21(32)17(9-19(29)30)27-20(31)14(24)8-12-10-25-15-5-3-2-4-13(12)15/h2-5,10,14,16-18,25,36H,6-9,11,24H2,1H3,(H,26,33)(H,27,31)(H,28,32)(H,29,30)(H,34,35). The second kappa shape index (κ2) is 14.5. The predicted octanol–water partition coefficient (Wildman–Crippen LogP) is -0.266. The minimum Gasteiger partial charge on any atom is -0.481 e. The fourth-order valence-corrected chi connectivity index (χ4v) is 4.25. The van der Waals surface area contributed by atoms with E-state index in [-0.39, 0.29) is 18.6 Å². The minimum atomic E-state index is -1.53. The molecule has 202 valence electrons. The molecule has 1 aromatic heterocycles. The van der Waals surface area contributed by atoms with Crippen LogP contribution in [0.4, 0.5) is 0 Å². The van der Waals surface area contributed by atoms with Gasteiger partial charge in [0.25, 0.3) is 0 Å². The number of carbonyl (C=O) groups is 5. The SMILES string of the molecule is CSCCC(NC(=O)C(CS)NC(=O)C(CC(=O)O)NC(=O)C(N)Cc1c[nH]c2ccccc12)C(=O)O. The van der Waals surface area contributed by atoms with Crippen molar-refractivity contribution in [1.29, 1.82) is 0 Å². The summed E-state index contributed by atoms with van der Waals surface area (Å²) in [5, 5.41) is 26.5. The highest BCUT2D eigenvalue weighted by Gasteiger charge is 2.31. The van der Waals surface area contributed by atoms with Crippen LogP contribution in [0.25, 0.3) is 10.9 Å². The molecule has 14 heteroatoms. The Bertz CT molecular complexity index is 1130. The molecule has 12 nitrogen and oxygen atoms in total. The smallest absolute Gasteiger partial charge is 0.326 e. The van der Waals surface area contributed by atoms with Gasteiger partial charge in [0.05, 0.1) is 12.5 Å². The Hall–Kier alpha value is -3.23. The third-order valence-corrected chi connectivity index (χ3v) is 6.51. The number of para-hydroxylation sites is 1. The largest absolute Gasteiger partial charge is 0.481 e. The van der Waals surface area contributed by atoms with Crippen molar-refractivity contribution in [2.45, 2.75) is 43.4 Å². The van der Waals surface area contributed by atoms with Crippen LogP contribution in [-0.4, -0.2) is 86.8 Å². The maximum absolute atomic E-state index is 12.8. The number of fused-ring (bicyclic) bond motifs is 1. The molecule has 0 aliphatic rings. The van der Waals surface area contributed by atoms with Gasteiger partial charge in [-0.2, -0.15) is 24.4 Å². The summed E-state index contributed by atoms with van der Waals surface area (Å²) in [6.45, 7) is 0. The van der Waals surface area contributed by atoms with Crippen LogP contribution in [0.3, 0.4) is 0 Å². The number of amides is 3. The lowest BCUT2D eigenvalue weighted by molar-refractivity contribution is -0.143. The number of nitrogens with one attached hydrogen (secondary N) is 4. The number of benzene rings is 1. The first-order valence-corrected chi connectivity index (χ1v) is 13.4. The molecule has 0 spiro atoms. The van der Waals surface area contributed by atoms with E-state index < -0.39 is 60.2 Å². The van der Waals surface area contributed by atoms with E-state index in [1.165, 1.54) is 11.8 Å². The van der Waals surface area contributed by atoms with Gasteiger partial charge in [-0.3, -0.25) is 19.2 Å². The number of thiol groups is 1. The van der Waals surface area contributed by atoms with Gasteiger partial charge in [-0.05, 0) is 36.5 Å². The van der Waals surface area contributed by atoms with Gasteiger partial charge in [0.2, 0.25) is 17.7 Å². The van der Waals surface area contributed by atoms with Crippen molar-refractivity contribution in [3.8, 4) is 0 Å². The van der Waals surface area contributed by atoms with Gasteiger partial charge < -0.3 is 36.9 Å². The van der Waals surface area contributed by atoms with E-state index in [4.69, 9.17) is 5.73 Å². The van der Waals surface area contributed by atoms with Crippen molar-refractivity contribution < 1.29 is 34.2 Å². The number of hydrogen-bond donors (Lipinski definition) is 8. The zero-order valence-corrected chi connectivity index (χ0v) is 21.8. The molecule has 8 N–H and O–H groups in total. The number of rotatable bonds is 15. The molecule has 2 aromatic rings. The molecular formula is C23H31N5O7S2. The third kappa shape index (κ3) is 8.98. The lowest BCUT2D eigenvalue weighted by Gasteiger charge is -2.23. The predicted molar refractivity (Wildman–Crippen MR) is 143 cm³/mol. The molecule has 4 unspecified atom stereocenters. The highest BCUT2D eigenvalue weighted by Crippen LogP contribution is 2.18. The number of aromatic nitrogens is 1. The Morgan fingerprint density at radius 2 is 1.62 bits per heavy atom. The molecule has 0 aliphatic heterocycles. The average molecular weight is 554 g/mol. The lowest BCUT2D eigenvalue weighted by atomic mass is 10.0. The van der Waals surface area contributed by atoms with Gasteiger partial charge in [-0.1, -0.05) is 18.2 Å². The average Bonchev–Trinajstić information content (AvgIpc) is 3.26. The maximum Gasteiger partial charge on any atom is 0.326 e. The molecule has 0 fully saturated rings. The van der Waals surface area contributed by atoms with Crippen LogP contribution in [-0.2, 0) is 30.4 Å². The molecule has 0 bridgehead atoms. The summed E-state index contributed by atoms with van der Waals surface area (Å²) in [4.78, 5) is 64.0. The van der Waals surface area contributed by atoms with Crippen LogP contribution in [0.2, 0.25) is 0 Å². The molecule has 0 radical (unpaired) electrons. The summed E-state index contributed by atoms with van der Waals surface area (Å²) in [7, 11) is 0. The van der Waals surface area contributed by atoms with Gasteiger partial charge in [0.15, 0.2) is 0 Å². The van der Waals surface area contributed by atoms with E-state index in [0.717, 1.165) is 16.5 Å². The molecule has 3 amide bonds. The highest BCUT2D eigenvalue weighted by atomic mass is 32.2. The maximum atomic E-state index is 12.8. The van der Waals surface area contributed by atoms with Crippen molar-refractivity contribution in [2.75, 3.05) is 17.8 Å². The van der Waals surface area contributed by atoms with E-state index >= 15 is 0 Å². The van der Waals surface area contributed by atoms with Crippen molar-refractivity contribution >= 4 is 65.0 Å². The Morgan fingerprint density at radius 1 is 1.00 bits per heavy atom. The molecule has 4 atom stereocenters. The number of nitrogens with two attached hydrogens (primary N) is 1. The number of thioether (sulfide) groups is 1. The summed E-state index contributed by atoms with van der Waals surface area (Å²) in [6.07, 6.45) is 3.05. The van der Waals surface area contributed by atoms with Crippen molar-refractivity contribution in [2.24, 2.45) is 5.73 Å². The fraction of sp³-hybridized carbons (Fsp3) is 0.435. The van der Waals surface area contributed by atoms with Gasteiger partial charge in [-0.25, -0.2) is 4.79 Å². The first-order valence-electron chi connectivity index (χ1n) is 11.3. The monoisotopic (exact) mass is 553 g/mol. The summed E-state index contributed by atoms with van der Waals surface area (Å²) in [5.74, 6) is -4.79. The number of hydrogen-bond acceptors (Lipinski definition) is 8. The zero-order valence-electron chi connectivity index (χ0n) is 20.1. The van der Waals surface area contributed by atoms with E-state index in [9.17, 15) is 34.2 Å². The number of carboxylic acid groups (broad SMARTS) is 2. The molecule has 1 aromatic carbocycles. The van der Waals surface area contributed by atoms with Crippen LogP contribution >= 0.6 is 24.4 Å². The van der Waals surface area contributed by atoms with Crippen molar-refractivity contribution in [3.63, 3.8) is 0 Å². The topological polar surface area (TPSA) is 204 Å². The normalized spacial score (nSPS) is 14.2. The van der Waals surface area contributed by atoms with Gasteiger partial charge in [0, 0.05) is 22.9 Å². The second-order valence-corrected chi connectivity index (χ2v) is 9.60. The van der Waals surface area contributed by atoms with E-state index in [0.29, 0.717) is 5.75 Å². The van der Waals surface area contributed by atoms with Crippen molar-refractivity contribution in [3.05, 3.63) is 36.0 Å². The van der Waals surface area contributed by atoms with Gasteiger partial charge >= 0.3 is 11.9 Å². The summed E-state index contributed by atoms with van der Waals surface area (Å²) in [6, 6.07) is 2.39. The van der Waals surface area contributed by atoms with E-state index in [1.54, 1.807) is 12.5 Å². The Kier molecular flexibility index (Phi) is 11.8. The summed E-state index contributed by atoms with van der Waals surface area (Å²) >= 11 is 5.45. The number of carbonyl (C=O) groups excluding carboxylic acids is 3. The fourth-order valence-electron chi connectivity index (χ4n) is 3.52. The Labute approximate surface area is 222 Å². The highest BCUT2D eigenvalue weighted by molar-refractivity contribution is 7.98. The first-order chi connectivity index (χ1) is 17.6.